The molecule has 1 atom stereocenters. The van der Waals surface area contributed by atoms with Crippen LogP contribution in [0.15, 0.2) is 36.4 Å². The van der Waals surface area contributed by atoms with Gasteiger partial charge in [-0.3, -0.25) is 5.84 Å². The number of nitrogens with two attached hydrogens (primary N) is 1. The van der Waals surface area contributed by atoms with Crippen LogP contribution in [0.3, 0.4) is 0 Å². The van der Waals surface area contributed by atoms with Gasteiger partial charge in [0.2, 0.25) is 0 Å². The molecule has 0 fully saturated rings. The van der Waals surface area contributed by atoms with E-state index in [4.69, 9.17) is 33.8 Å². The number of aryl methyl sites for hydroxylation is 1. The van der Waals surface area contributed by atoms with Crippen LogP contribution < -0.4 is 16.0 Å². The summed E-state index contributed by atoms with van der Waals surface area (Å²) < 4.78 is 5.26. The van der Waals surface area contributed by atoms with Crippen molar-refractivity contribution in [1.29, 1.82) is 0 Å². The van der Waals surface area contributed by atoms with Gasteiger partial charge in [0.1, 0.15) is 5.75 Å². The molecule has 0 amide bonds. The minimum Gasteiger partial charge on any atom is -0.496 e. The summed E-state index contributed by atoms with van der Waals surface area (Å²) in [5.41, 5.74) is 5.65. The van der Waals surface area contributed by atoms with Gasteiger partial charge in [-0.05, 0) is 47.9 Å². The van der Waals surface area contributed by atoms with Crippen molar-refractivity contribution in [3.63, 3.8) is 0 Å². The van der Waals surface area contributed by atoms with Crippen molar-refractivity contribution >= 4 is 23.2 Å². The molecular formula is C15H16Cl2N2O. The fourth-order valence-electron chi connectivity index (χ4n) is 2.18. The lowest BCUT2D eigenvalue weighted by Crippen LogP contribution is -2.29. The van der Waals surface area contributed by atoms with Gasteiger partial charge >= 0.3 is 0 Å². The van der Waals surface area contributed by atoms with Gasteiger partial charge in [-0.15, -0.1) is 0 Å². The smallest absolute Gasteiger partial charge is 0.121 e. The molecule has 0 aliphatic heterocycles. The molecule has 0 aromatic heterocycles. The van der Waals surface area contributed by atoms with E-state index in [1.165, 1.54) is 0 Å². The summed E-state index contributed by atoms with van der Waals surface area (Å²) in [7, 11) is 1.65. The van der Waals surface area contributed by atoms with Crippen LogP contribution in [-0.4, -0.2) is 7.11 Å². The summed E-state index contributed by atoms with van der Waals surface area (Å²) in [5.74, 6) is 6.53. The summed E-state index contributed by atoms with van der Waals surface area (Å²) in [5, 5.41) is 1.24. The van der Waals surface area contributed by atoms with Crippen molar-refractivity contribution < 1.29 is 4.74 Å². The van der Waals surface area contributed by atoms with Gasteiger partial charge in [0.25, 0.3) is 0 Å². The van der Waals surface area contributed by atoms with Crippen LogP contribution in [0.1, 0.15) is 22.7 Å². The average molecular weight is 311 g/mol. The van der Waals surface area contributed by atoms with Crippen molar-refractivity contribution in [2.75, 3.05) is 7.11 Å². The molecule has 1 unspecified atom stereocenters. The summed E-state index contributed by atoms with van der Waals surface area (Å²) in [6.07, 6.45) is 0. The minimum absolute atomic E-state index is 0.231. The van der Waals surface area contributed by atoms with Gasteiger partial charge in [-0.1, -0.05) is 35.3 Å². The summed E-state index contributed by atoms with van der Waals surface area (Å²) in [6, 6.07) is 11.0. The summed E-state index contributed by atoms with van der Waals surface area (Å²) in [4.78, 5) is 0. The predicted molar refractivity (Wildman–Crippen MR) is 83.4 cm³/mol. The molecule has 3 nitrogen and oxygen atoms in total. The van der Waals surface area contributed by atoms with E-state index in [1.807, 2.05) is 31.2 Å². The van der Waals surface area contributed by atoms with Gasteiger partial charge in [0.15, 0.2) is 0 Å². The summed E-state index contributed by atoms with van der Waals surface area (Å²) >= 11 is 12.3. The number of nitrogens with one attached hydrogen (secondary N) is 1. The molecule has 0 bridgehead atoms. The molecule has 2 aromatic carbocycles. The highest BCUT2D eigenvalue weighted by Gasteiger charge is 2.17. The van der Waals surface area contributed by atoms with Crippen LogP contribution in [0.4, 0.5) is 0 Å². The molecule has 3 N–H and O–H groups in total. The second-order valence-electron chi connectivity index (χ2n) is 4.49. The number of hydrogen-bond donors (Lipinski definition) is 2. The first-order valence-electron chi connectivity index (χ1n) is 6.12. The SMILES string of the molecule is COc1ccc(C(NN)c2cc(Cl)ccc2Cl)cc1C. The Bertz CT molecular complexity index is 617. The number of hydrazine groups is 1. The average Bonchev–Trinajstić information content (AvgIpc) is 2.44. The highest BCUT2D eigenvalue weighted by atomic mass is 35.5. The van der Waals surface area contributed by atoms with Crippen molar-refractivity contribution in [2.24, 2.45) is 5.84 Å². The molecule has 0 saturated heterocycles. The largest absolute Gasteiger partial charge is 0.496 e. The second-order valence-corrected chi connectivity index (χ2v) is 5.34. The van der Waals surface area contributed by atoms with E-state index in [-0.39, 0.29) is 6.04 Å². The topological polar surface area (TPSA) is 47.3 Å². The van der Waals surface area contributed by atoms with Crippen molar-refractivity contribution in [3.05, 3.63) is 63.1 Å². The molecule has 0 spiro atoms. The molecule has 20 heavy (non-hydrogen) atoms. The Labute approximate surface area is 128 Å². The number of hydrogen-bond acceptors (Lipinski definition) is 3. The molecule has 2 aromatic rings. The third-order valence-electron chi connectivity index (χ3n) is 3.19. The third-order valence-corrected chi connectivity index (χ3v) is 3.77. The first-order chi connectivity index (χ1) is 9.56. The van der Waals surface area contributed by atoms with Gasteiger partial charge in [-0.2, -0.15) is 0 Å². The Morgan fingerprint density at radius 1 is 1.15 bits per heavy atom. The van der Waals surface area contributed by atoms with E-state index in [2.05, 4.69) is 5.43 Å². The van der Waals surface area contributed by atoms with Gasteiger partial charge in [-0.25, -0.2) is 5.43 Å². The second kappa shape index (κ2) is 6.46. The van der Waals surface area contributed by atoms with E-state index in [0.29, 0.717) is 10.0 Å². The molecular weight excluding hydrogens is 295 g/mol. The first-order valence-corrected chi connectivity index (χ1v) is 6.88. The Balaban J connectivity index is 2.46. The van der Waals surface area contributed by atoms with E-state index in [0.717, 1.165) is 22.4 Å². The monoisotopic (exact) mass is 310 g/mol. The van der Waals surface area contributed by atoms with Crippen LogP contribution in [0.5, 0.6) is 5.75 Å². The fourth-order valence-corrected chi connectivity index (χ4v) is 2.59. The molecule has 0 aliphatic carbocycles. The van der Waals surface area contributed by atoms with Crippen molar-refractivity contribution in [3.8, 4) is 5.75 Å². The lowest BCUT2D eigenvalue weighted by molar-refractivity contribution is 0.411. The molecule has 2 rings (SSSR count). The van der Waals surface area contributed by atoms with Gasteiger partial charge < -0.3 is 4.74 Å². The Morgan fingerprint density at radius 3 is 2.50 bits per heavy atom. The quantitative estimate of drug-likeness (QED) is 0.666. The molecule has 5 heteroatoms. The minimum atomic E-state index is -0.231. The highest BCUT2D eigenvalue weighted by molar-refractivity contribution is 6.33. The van der Waals surface area contributed by atoms with Crippen LogP contribution in [0, 0.1) is 6.92 Å². The van der Waals surface area contributed by atoms with Crippen molar-refractivity contribution in [2.45, 2.75) is 13.0 Å². The van der Waals surface area contributed by atoms with Crippen LogP contribution >= 0.6 is 23.2 Å². The van der Waals surface area contributed by atoms with Crippen LogP contribution in [0.2, 0.25) is 10.0 Å². The van der Waals surface area contributed by atoms with Crippen LogP contribution in [-0.2, 0) is 0 Å². The fraction of sp³-hybridized carbons (Fsp3) is 0.200. The number of methoxy groups -OCH3 is 1. The predicted octanol–water partition coefficient (Wildman–Crippen LogP) is 3.86. The lowest BCUT2D eigenvalue weighted by Gasteiger charge is -2.19. The standard InChI is InChI=1S/C15H16Cl2N2O/c1-9-7-10(3-6-14(9)20-2)15(19-18)12-8-11(16)4-5-13(12)17/h3-8,15,19H,18H2,1-2H3. The Kier molecular flexibility index (Phi) is 4.89. The number of rotatable bonds is 4. The zero-order valence-corrected chi connectivity index (χ0v) is 12.8. The number of halogens is 2. The third kappa shape index (κ3) is 3.07. The lowest BCUT2D eigenvalue weighted by atomic mass is 9.97. The van der Waals surface area contributed by atoms with Crippen LogP contribution in [0.25, 0.3) is 0 Å². The maximum atomic E-state index is 6.24. The normalized spacial score (nSPS) is 12.2. The van der Waals surface area contributed by atoms with E-state index < -0.39 is 0 Å². The Morgan fingerprint density at radius 2 is 1.90 bits per heavy atom. The molecule has 0 radical (unpaired) electrons. The van der Waals surface area contributed by atoms with E-state index >= 15 is 0 Å². The zero-order valence-electron chi connectivity index (χ0n) is 11.3. The molecule has 0 aliphatic rings. The van der Waals surface area contributed by atoms with E-state index in [1.54, 1.807) is 19.2 Å². The Hall–Kier alpha value is -1.26. The molecule has 0 heterocycles. The zero-order chi connectivity index (χ0) is 14.7. The van der Waals surface area contributed by atoms with Gasteiger partial charge in [0, 0.05) is 10.0 Å². The maximum Gasteiger partial charge on any atom is 0.121 e. The first kappa shape index (κ1) is 15.1. The maximum absolute atomic E-state index is 6.24. The highest BCUT2D eigenvalue weighted by Crippen LogP contribution is 2.32. The van der Waals surface area contributed by atoms with E-state index in [9.17, 15) is 0 Å². The van der Waals surface area contributed by atoms with Crippen molar-refractivity contribution in [1.82, 2.24) is 5.43 Å². The number of benzene rings is 2. The molecule has 106 valence electrons. The summed E-state index contributed by atoms with van der Waals surface area (Å²) in [6.45, 7) is 1.98. The van der Waals surface area contributed by atoms with Gasteiger partial charge in [0.05, 0.1) is 13.2 Å². The molecule has 0 saturated carbocycles. The number of ether oxygens (including phenoxy) is 1.